The Balaban J connectivity index is 2.21. The van der Waals surface area contributed by atoms with Crippen LogP contribution < -0.4 is 15.0 Å². The maximum atomic E-state index is 5.50. The molecule has 0 radical (unpaired) electrons. The first kappa shape index (κ1) is 10.3. The van der Waals surface area contributed by atoms with Crippen LogP contribution in [0.3, 0.4) is 0 Å². The zero-order valence-corrected chi connectivity index (χ0v) is 8.95. The highest BCUT2D eigenvalue weighted by atomic mass is 16.6. The van der Waals surface area contributed by atoms with Crippen molar-refractivity contribution in [2.24, 2.45) is 0 Å². The number of hydrogen-bond acceptors (Lipinski definition) is 4. The highest BCUT2D eigenvalue weighted by molar-refractivity contribution is 5.44. The van der Waals surface area contributed by atoms with Gasteiger partial charge in [0.25, 0.3) is 0 Å². The first-order valence-corrected chi connectivity index (χ1v) is 5.03. The van der Waals surface area contributed by atoms with Crippen LogP contribution in [0.4, 0.5) is 0 Å². The Bertz CT molecular complexity index is 339. The van der Waals surface area contributed by atoms with Crippen molar-refractivity contribution in [1.29, 1.82) is 0 Å². The van der Waals surface area contributed by atoms with E-state index in [1.54, 1.807) is 7.11 Å². The molecule has 1 aromatic rings. The molecule has 0 bridgehead atoms. The molecule has 1 aliphatic heterocycles. The van der Waals surface area contributed by atoms with Crippen LogP contribution in [0.25, 0.3) is 0 Å². The number of nitrogens with one attached hydrogen (secondary N) is 1. The van der Waals surface area contributed by atoms with Crippen molar-refractivity contribution in [1.82, 2.24) is 5.48 Å². The molecule has 0 amide bonds. The molecule has 0 aliphatic carbocycles. The van der Waals surface area contributed by atoms with Gasteiger partial charge in [0.05, 0.1) is 19.8 Å². The molecule has 1 aromatic carbocycles. The van der Waals surface area contributed by atoms with E-state index < -0.39 is 0 Å². The van der Waals surface area contributed by atoms with Gasteiger partial charge in [0.1, 0.15) is 18.1 Å². The van der Waals surface area contributed by atoms with Crippen LogP contribution in [0, 0.1) is 0 Å². The maximum absolute atomic E-state index is 5.50. The standard InChI is InChI=1S/C11H15NO3/c1-3-14-8-4-5-11-9(6-8)10(7-15-11)12-13-2/h4-6,10,12H,3,7H2,1-2H3. The SMILES string of the molecule is CCOc1ccc2c(c1)C(NOC)CO2. The Hall–Kier alpha value is -1.26. The Morgan fingerprint density at radius 1 is 1.53 bits per heavy atom. The van der Waals surface area contributed by atoms with Crippen LogP contribution in [-0.2, 0) is 4.84 Å². The molecule has 0 aromatic heterocycles. The lowest BCUT2D eigenvalue weighted by atomic mass is 10.1. The van der Waals surface area contributed by atoms with Crippen molar-refractivity contribution in [3.8, 4) is 11.5 Å². The third-order valence-corrected chi connectivity index (χ3v) is 2.33. The Morgan fingerprint density at radius 2 is 2.40 bits per heavy atom. The van der Waals surface area contributed by atoms with Crippen LogP contribution in [0.5, 0.6) is 11.5 Å². The predicted octanol–water partition coefficient (Wildman–Crippen LogP) is 1.67. The van der Waals surface area contributed by atoms with Gasteiger partial charge in [-0.25, -0.2) is 0 Å². The fraction of sp³-hybridized carbons (Fsp3) is 0.455. The molecular formula is C11H15NO3. The highest BCUT2D eigenvalue weighted by Crippen LogP contribution is 2.34. The van der Waals surface area contributed by atoms with Crippen LogP contribution in [-0.4, -0.2) is 20.3 Å². The van der Waals surface area contributed by atoms with Crippen LogP contribution in [0.1, 0.15) is 18.5 Å². The molecule has 0 saturated carbocycles. The van der Waals surface area contributed by atoms with E-state index in [1.165, 1.54) is 0 Å². The number of hydroxylamine groups is 1. The average molecular weight is 209 g/mol. The third kappa shape index (κ3) is 2.06. The van der Waals surface area contributed by atoms with Gasteiger partial charge in [-0.15, -0.1) is 0 Å². The molecule has 1 aliphatic rings. The summed E-state index contributed by atoms with van der Waals surface area (Å²) in [4.78, 5) is 4.91. The molecule has 82 valence electrons. The number of hydrogen-bond donors (Lipinski definition) is 1. The van der Waals surface area contributed by atoms with E-state index in [2.05, 4.69) is 5.48 Å². The number of benzene rings is 1. The summed E-state index contributed by atoms with van der Waals surface area (Å²) in [7, 11) is 1.60. The average Bonchev–Trinajstić information content (AvgIpc) is 2.63. The van der Waals surface area contributed by atoms with E-state index in [4.69, 9.17) is 14.3 Å². The number of rotatable bonds is 4. The van der Waals surface area contributed by atoms with Gasteiger partial charge >= 0.3 is 0 Å². The predicted molar refractivity (Wildman–Crippen MR) is 56.0 cm³/mol. The number of fused-ring (bicyclic) bond motifs is 1. The zero-order chi connectivity index (χ0) is 10.7. The van der Waals surface area contributed by atoms with Crippen molar-refractivity contribution in [3.63, 3.8) is 0 Å². The molecule has 1 atom stereocenters. The van der Waals surface area contributed by atoms with Gasteiger partial charge in [-0.1, -0.05) is 0 Å². The molecule has 0 saturated heterocycles. The first-order chi connectivity index (χ1) is 7.35. The monoisotopic (exact) mass is 209 g/mol. The number of ether oxygens (including phenoxy) is 2. The van der Waals surface area contributed by atoms with Gasteiger partial charge in [-0.05, 0) is 25.1 Å². The summed E-state index contributed by atoms with van der Waals surface area (Å²) >= 11 is 0. The van der Waals surface area contributed by atoms with Crippen LogP contribution >= 0.6 is 0 Å². The minimum Gasteiger partial charge on any atom is -0.494 e. The van der Waals surface area contributed by atoms with Crippen LogP contribution in [0.2, 0.25) is 0 Å². The topological polar surface area (TPSA) is 39.7 Å². The molecule has 1 heterocycles. The molecule has 0 spiro atoms. The second-order valence-electron chi connectivity index (χ2n) is 3.32. The van der Waals surface area contributed by atoms with E-state index in [0.717, 1.165) is 17.1 Å². The van der Waals surface area contributed by atoms with E-state index in [0.29, 0.717) is 13.2 Å². The van der Waals surface area contributed by atoms with E-state index in [-0.39, 0.29) is 6.04 Å². The summed E-state index contributed by atoms with van der Waals surface area (Å²) in [5.74, 6) is 1.76. The van der Waals surface area contributed by atoms with Crippen molar-refractivity contribution in [2.45, 2.75) is 13.0 Å². The lowest BCUT2D eigenvalue weighted by Crippen LogP contribution is -2.20. The summed E-state index contributed by atoms with van der Waals surface area (Å²) in [6.07, 6.45) is 0. The summed E-state index contributed by atoms with van der Waals surface area (Å²) in [6.45, 7) is 3.23. The summed E-state index contributed by atoms with van der Waals surface area (Å²) in [5.41, 5.74) is 3.98. The first-order valence-electron chi connectivity index (χ1n) is 5.03. The molecule has 2 rings (SSSR count). The van der Waals surface area contributed by atoms with Gasteiger partial charge in [-0.3, -0.25) is 0 Å². The zero-order valence-electron chi connectivity index (χ0n) is 8.95. The van der Waals surface area contributed by atoms with E-state index in [1.807, 2.05) is 25.1 Å². The largest absolute Gasteiger partial charge is 0.494 e. The van der Waals surface area contributed by atoms with Gasteiger partial charge in [0.2, 0.25) is 0 Å². The minimum absolute atomic E-state index is 0.0883. The second kappa shape index (κ2) is 4.51. The van der Waals surface area contributed by atoms with Crippen LogP contribution in [0.15, 0.2) is 18.2 Å². The lowest BCUT2D eigenvalue weighted by Gasteiger charge is -2.10. The Kier molecular flexibility index (Phi) is 3.08. The molecule has 1 N–H and O–H groups in total. The Morgan fingerprint density at radius 3 is 3.13 bits per heavy atom. The quantitative estimate of drug-likeness (QED) is 0.766. The van der Waals surface area contributed by atoms with Crippen molar-refractivity contribution >= 4 is 0 Å². The van der Waals surface area contributed by atoms with Gasteiger partial charge < -0.3 is 14.3 Å². The smallest absolute Gasteiger partial charge is 0.124 e. The summed E-state index contributed by atoms with van der Waals surface area (Å²) < 4.78 is 10.9. The van der Waals surface area contributed by atoms with E-state index in [9.17, 15) is 0 Å². The molecule has 4 nitrogen and oxygen atoms in total. The fourth-order valence-corrected chi connectivity index (χ4v) is 1.69. The molecule has 1 unspecified atom stereocenters. The van der Waals surface area contributed by atoms with E-state index >= 15 is 0 Å². The molecule has 15 heavy (non-hydrogen) atoms. The summed E-state index contributed by atoms with van der Waals surface area (Å²) in [5, 5.41) is 0. The van der Waals surface area contributed by atoms with Crippen molar-refractivity contribution in [3.05, 3.63) is 23.8 Å². The fourth-order valence-electron chi connectivity index (χ4n) is 1.69. The normalized spacial score (nSPS) is 18.4. The second-order valence-corrected chi connectivity index (χ2v) is 3.32. The highest BCUT2D eigenvalue weighted by Gasteiger charge is 2.24. The summed E-state index contributed by atoms with van der Waals surface area (Å²) in [6, 6.07) is 5.92. The maximum Gasteiger partial charge on any atom is 0.124 e. The lowest BCUT2D eigenvalue weighted by molar-refractivity contribution is 0.0535. The van der Waals surface area contributed by atoms with Crippen molar-refractivity contribution < 1.29 is 14.3 Å². The van der Waals surface area contributed by atoms with Gasteiger partial charge in [0, 0.05) is 5.56 Å². The molecule has 0 fully saturated rings. The third-order valence-electron chi connectivity index (χ3n) is 2.33. The molecule has 4 heteroatoms. The van der Waals surface area contributed by atoms with Crippen molar-refractivity contribution in [2.75, 3.05) is 20.3 Å². The Labute approximate surface area is 89.1 Å². The van der Waals surface area contributed by atoms with Gasteiger partial charge in [0.15, 0.2) is 0 Å². The molecular weight excluding hydrogens is 194 g/mol. The van der Waals surface area contributed by atoms with Gasteiger partial charge in [-0.2, -0.15) is 5.48 Å². The minimum atomic E-state index is 0.0883.